The van der Waals surface area contributed by atoms with Crippen molar-refractivity contribution in [2.24, 2.45) is 5.14 Å². The fourth-order valence-electron chi connectivity index (χ4n) is 3.11. The van der Waals surface area contributed by atoms with E-state index in [0.29, 0.717) is 22.9 Å². The Labute approximate surface area is 128 Å². The zero-order chi connectivity index (χ0) is 16.1. The molecular weight excluding hydrogens is 305 g/mol. The van der Waals surface area contributed by atoms with Gasteiger partial charge in [0.25, 0.3) is 0 Å². The third-order valence-electron chi connectivity index (χ3n) is 3.88. The van der Waals surface area contributed by atoms with Crippen LogP contribution in [-0.2, 0) is 16.6 Å². The highest BCUT2D eigenvalue weighted by Crippen LogP contribution is 2.40. The Balaban J connectivity index is 2.30. The highest BCUT2D eigenvalue weighted by atomic mass is 32.2. The van der Waals surface area contributed by atoms with Gasteiger partial charge in [-0.3, -0.25) is 4.98 Å². The number of nitrogens with two attached hydrogens (primary N) is 1. The summed E-state index contributed by atoms with van der Waals surface area (Å²) in [5.41, 5.74) is 0.00737. The number of primary sulfonamides is 1. The van der Waals surface area contributed by atoms with Gasteiger partial charge in [0.15, 0.2) is 0 Å². The van der Waals surface area contributed by atoms with Crippen molar-refractivity contribution in [3.8, 4) is 0 Å². The summed E-state index contributed by atoms with van der Waals surface area (Å²) in [5.74, 6) is 0. The van der Waals surface area contributed by atoms with Gasteiger partial charge in [-0.1, -0.05) is 0 Å². The molecule has 0 fully saturated rings. The standard InChI is InChI=1S/C15H18FN3O2S/c1-15(2,16)6-12-13-10(8-19-12)5-9-7-18-4-3-11(9)14(13)22(17,20)21/h3-5,7,12,19H,6,8H2,1-2H3,(H2,17,20,21). The Hall–Kier alpha value is -1.57. The van der Waals surface area contributed by atoms with Gasteiger partial charge in [-0.2, -0.15) is 0 Å². The molecule has 2 heterocycles. The van der Waals surface area contributed by atoms with Crippen molar-refractivity contribution in [1.29, 1.82) is 0 Å². The number of sulfonamides is 1. The number of halogens is 1. The van der Waals surface area contributed by atoms with Crippen molar-refractivity contribution in [1.82, 2.24) is 10.3 Å². The molecule has 0 bridgehead atoms. The van der Waals surface area contributed by atoms with Crippen LogP contribution < -0.4 is 10.5 Å². The lowest BCUT2D eigenvalue weighted by molar-refractivity contribution is 0.180. The summed E-state index contributed by atoms with van der Waals surface area (Å²) in [7, 11) is -3.93. The summed E-state index contributed by atoms with van der Waals surface area (Å²) in [5, 5.41) is 9.88. The summed E-state index contributed by atoms with van der Waals surface area (Å²) in [4.78, 5) is 4.11. The first kappa shape index (κ1) is 15.3. The summed E-state index contributed by atoms with van der Waals surface area (Å²) in [6.45, 7) is 3.45. The van der Waals surface area contributed by atoms with E-state index in [1.54, 1.807) is 12.3 Å². The second-order valence-electron chi connectivity index (χ2n) is 6.28. The largest absolute Gasteiger partial charge is 0.306 e. The van der Waals surface area contributed by atoms with Crippen LogP contribution in [0.3, 0.4) is 0 Å². The normalized spacial score (nSPS) is 18.6. The molecule has 2 aromatic rings. The van der Waals surface area contributed by atoms with Gasteiger partial charge in [0.2, 0.25) is 10.0 Å². The third kappa shape index (κ3) is 2.71. The molecule has 0 aliphatic carbocycles. The van der Waals surface area contributed by atoms with Crippen molar-refractivity contribution in [3.63, 3.8) is 0 Å². The molecule has 0 radical (unpaired) electrons. The second kappa shape index (κ2) is 4.97. The first-order valence-electron chi connectivity index (χ1n) is 7.01. The van der Waals surface area contributed by atoms with E-state index >= 15 is 0 Å². The van der Waals surface area contributed by atoms with Crippen LogP contribution in [0.15, 0.2) is 29.4 Å². The molecule has 1 unspecified atom stereocenters. The van der Waals surface area contributed by atoms with E-state index in [4.69, 9.17) is 5.14 Å². The molecule has 1 atom stereocenters. The molecule has 0 spiro atoms. The van der Waals surface area contributed by atoms with E-state index < -0.39 is 15.7 Å². The van der Waals surface area contributed by atoms with E-state index in [1.807, 2.05) is 6.07 Å². The van der Waals surface area contributed by atoms with E-state index in [0.717, 1.165) is 5.56 Å². The Bertz CT molecular complexity index is 844. The van der Waals surface area contributed by atoms with Crippen LogP contribution in [0.1, 0.15) is 37.4 Å². The molecule has 0 amide bonds. The number of nitrogens with one attached hydrogen (secondary N) is 1. The Kier molecular flexibility index (Phi) is 3.47. The van der Waals surface area contributed by atoms with Gasteiger partial charge in [-0.25, -0.2) is 17.9 Å². The number of hydrogen-bond acceptors (Lipinski definition) is 4. The predicted octanol–water partition coefficient (Wildman–Crippen LogP) is 2.16. The summed E-state index contributed by atoms with van der Waals surface area (Å²) in [6, 6.07) is 3.15. The van der Waals surface area contributed by atoms with Gasteiger partial charge < -0.3 is 5.32 Å². The molecule has 22 heavy (non-hydrogen) atoms. The van der Waals surface area contributed by atoms with Crippen LogP contribution in [0.5, 0.6) is 0 Å². The lowest BCUT2D eigenvalue weighted by Crippen LogP contribution is -2.25. The molecule has 1 aromatic carbocycles. The molecular formula is C15H18FN3O2S. The predicted molar refractivity (Wildman–Crippen MR) is 82.5 cm³/mol. The molecule has 7 heteroatoms. The Morgan fingerprint density at radius 2 is 2.23 bits per heavy atom. The van der Waals surface area contributed by atoms with E-state index in [9.17, 15) is 12.8 Å². The highest BCUT2D eigenvalue weighted by molar-refractivity contribution is 7.89. The highest BCUT2D eigenvalue weighted by Gasteiger charge is 2.34. The van der Waals surface area contributed by atoms with Crippen molar-refractivity contribution < 1.29 is 12.8 Å². The minimum absolute atomic E-state index is 0.0849. The number of rotatable bonds is 3. The van der Waals surface area contributed by atoms with Crippen molar-refractivity contribution in [2.45, 2.75) is 43.4 Å². The van der Waals surface area contributed by atoms with Gasteiger partial charge in [-0.05, 0) is 37.1 Å². The van der Waals surface area contributed by atoms with E-state index in [2.05, 4.69) is 10.3 Å². The minimum atomic E-state index is -3.93. The first-order valence-corrected chi connectivity index (χ1v) is 8.56. The van der Waals surface area contributed by atoms with Crippen LogP contribution in [0.25, 0.3) is 10.8 Å². The fraction of sp³-hybridized carbons (Fsp3) is 0.400. The maximum Gasteiger partial charge on any atom is 0.239 e. The number of pyridine rings is 1. The van der Waals surface area contributed by atoms with Crippen molar-refractivity contribution >= 4 is 20.8 Å². The number of benzene rings is 1. The molecule has 3 N–H and O–H groups in total. The number of alkyl halides is 1. The number of nitrogens with zero attached hydrogens (tertiary/aromatic N) is 1. The van der Waals surface area contributed by atoms with Gasteiger partial charge >= 0.3 is 0 Å². The minimum Gasteiger partial charge on any atom is -0.306 e. The van der Waals surface area contributed by atoms with Crippen LogP contribution in [0, 0.1) is 0 Å². The van der Waals surface area contributed by atoms with Crippen LogP contribution in [0.2, 0.25) is 0 Å². The van der Waals surface area contributed by atoms with E-state index in [1.165, 1.54) is 20.0 Å². The zero-order valence-corrected chi connectivity index (χ0v) is 13.2. The molecule has 1 aliphatic rings. The number of hydrogen-bond donors (Lipinski definition) is 2. The monoisotopic (exact) mass is 323 g/mol. The van der Waals surface area contributed by atoms with Gasteiger partial charge in [0.1, 0.15) is 5.67 Å². The van der Waals surface area contributed by atoms with Crippen LogP contribution >= 0.6 is 0 Å². The summed E-state index contributed by atoms with van der Waals surface area (Å²) < 4.78 is 38.4. The smallest absolute Gasteiger partial charge is 0.239 e. The molecule has 1 aromatic heterocycles. The van der Waals surface area contributed by atoms with E-state index in [-0.39, 0.29) is 17.4 Å². The summed E-state index contributed by atoms with van der Waals surface area (Å²) in [6.07, 6.45) is 3.32. The average molecular weight is 323 g/mol. The van der Waals surface area contributed by atoms with Crippen LogP contribution in [0.4, 0.5) is 4.39 Å². The Morgan fingerprint density at radius 3 is 2.86 bits per heavy atom. The molecule has 5 nitrogen and oxygen atoms in total. The van der Waals surface area contributed by atoms with Crippen molar-refractivity contribution in [2.75, 3.05) is 0 Å². The zero-order valence-electron chi connectivity index (χ0n) is 12.4. The maximum atomic E-state index is 14.0. The lowest BCUT2D eigenvalue weighted by atomic mass is 9.93. The fourth-order valence-corrected chi connectivity index (χ4v) is 4.19. The quantitative estimate of drug-likeness (QED) is 0.906. The van der Waals surface area contributed by atoms with Crippen molar-refractivity contribution in [3.05, 3.63) is 35.7 Å². The van der Waals surface area contributed by atoms with Crippen LogP contribution in [-0.4, -0.2) is 19.1 Å². The van der Waals surface area contributed by atoms with Gasteiger partial charge in [0.05, 0.1) is 4.90 Å². The molecule has 3 rings (SSSR count). The van der Waals surface area contributed by atoms with Gasteiger partial charge in [-0.15, -0.1) is 0 Å². The molecule has 118 valence electrons. The second-order valence-corrected chi connectivity index (χ2v) is 7.77. The SMILES string of the molecule is CC(C)(F)CC1NCc2cc3cnccc3c(S(N)(=O)=O)c21. The third-order valence-corrected chi connectivity index (χ3v) is 4.89. The summed E-state index contributed by atoms with van der Waals surface area (Å²) >= 11 is 0. The topological polar surface area (TPSA) is 85.1 Å². The number of fused-ring (bicyclic) bond motifs is 2. The molecule has 0 saturated carbocycles. The molecule has 1 aliphatic heterocycles. The number of aromatic nitrogens is 1. The maximum absolute atomic E-state index is 14.0. The lowest BCUT2D eigenvalue weighted by Gasteiger charge is -2.22. The van der Waals surface area contributed by atoms with Gasteiger partial charge in [0, 0.05) is 42.2 Å². The Morgan fingerprint density at radius 1 is 1.50 bits per heavy atom. The first-order chi connectivity index (χ1) is 10.2. The average Bonchev–Trinajstić information content (AvgIpc) is 2.75. The molecule has 0 saturated heterocycles.